The van der Waals surface area contributed by atoms with Crippen LogP contribution in [0.2, 0.25) is 0 Å². The van der Waals surface area contributed by atoms with E-state index in [1.165, 1.54) is 18.3 Å². The number of benzene rings is 2. The van der Waals surface area contributed by atoms with Crippen molar-refractivity contribution in [3.05, 3.63) is 70.6 Å². The van der Waals surface area contributed by atoms with Gasteiger partial charge in [0.15, 0.2) is 11.2 Å². The van der Waals surface area contributed by atoms with Gasteiger partial charge in [0.1, 0.15) is 0 Å². The highest BCUT2D eigenvalue weighted by Crippen LogP contribution is 2.26. The Morgan fingerprint density at radius 1 is 1.17 bits per heavy atom. The molecule has 3 aromatic rings. The summed E-state index contributed by atoms with van der Waals surface area (Å²) in [6.45, 7) is 1.95. The van der Waals surface area contributed by atoms with Crippen LogP contribution in [0.1, 0.15) is 28.4 Å². The molecular formula is C22H19N3O4S. The molecule has 1 atom stereocenters. The molecule has 30 heavy (non-hydrogen) atoms. The summed E-state index contributed by atoms with van der Waals surface area (Å²) in [6, 6.07) is 14.8. The van der Waals surface area contributed by atoms with E-state index in [1.54, 1.807) is 12.1 Å². The fourth-order valence-corrected chi connectivity index (χ4v) is 3.87. The van der Waals surface area contributed by atoms with Crippen molar-refractivity contribution in [1.29, 1.82) is 0 Å². The molecule has 2 aromatic carbocycles. The SMILES string of the molecule is CC(=O)NCc1ccc(-c2csc(NC(=O)[C@@H]3Cc4ccccc4C(=O)O3)n2)cc1. The van der Waals surface area contributed by atoms with Crippen molar-refractivity contribution in [1.82, 2.24) is 10.3 Å². The molecule has 0 radical (unpaired) electrons. The van der Waals surface area contributed by atoms with Crippen molar-refractivity contribution in [2.75, 3.05) is 5.32 Å². The van der Waals surface area contributed by atoms with Crippen molar-refractivity contribution in [3.63, 3.8) is 0 Å². The van der Waals surface area contributed by atoms with E-state index in [0.29, 0.717) is 23.7 Å². The van der Waals surface area contributed by atoms with E-state index in [2.05, 4.69) is 15.6 Å². The minimum atomic E-state index is -0.882. The molecule has 4 rings (SSSR count). The quantitative estimate of drug-likeness (QED) is 0.617. The van der Waals surface area contributed by atoms with E-state index in [1.807, 2.05) is 41.8 Å². The standard InChI is InChI=1S/C22H19N3O4S/c1-13(26)23-11-14-6-8-15(9-7-14)18-12-30-22(24-18)25-20(27)19-10-16-4-2-3-5-17(16)21(28)29-19/h2-9,12,19H,10-11H2,1H3,(H,23,26)(H,24,25,27)/t19-/m0/s1. The second kappa shape index (κ2) is 8.46. The van der Waals surface area contributed by atoms with E-state index in [9.17, 15) is 14.4 Å². The summed E-state index contributed by atoms with van der Waals surface area (Å²) in [7, 11) is 0. The molecular weight excluding hydrogens is 402 g/mol. The lowest BCUT2D eigenvalue weighted by molar-refractivity contribution is -0.125. The van der Waals surface area contributed by atoms with Gasteiger partial charge < -0.3 is 10.1 Å². The summed E-state index contributed by atoms with van der Waals surface area (Å²) in [5.41, 5.74) is 3.91. The lowest BCUT2D eigenvalue weighted by atomic mass is 9.98. The van der Waals surface area contributed by atoms with Crippen LogP contribution in [0.15, 0.2) is 53.9 Å². The minimum Gasteiger partial charge on any atom is -0.448 e. The Hall–Kier alpha value is -3.52. The van der Waals surface area contributed by atoms with Gasteiger partial charge in [0, 0.05) is 30.8 Å². The molecule has 2 heterocycles. The van der Waals surface area contributed by atoms with Crippen LogP contribution in [0, 0.1) is 0 Å². The molecule has 0 fully saturated rings. The van der Waals surface area contributed by atoms with Crippen LogP contribution in [0.5, 0.6) is 0 Å². The Kier molecular flexibility index (Phi) is 5.58. The second-order valence-corrected chi connectivity index (χ2v) is 7.75. The molecule has 0 saturated carbocycles. The van der Waals surface area contributed by atoms with Gasteiger partial charge in [-0.1, -0.05) is 42.5 Å². The highest BCUT2D eigenvalue weighted by atomic mass is 32.1. The van der Waals surface area contributed by atoms with Crippen LogP contribution in [-0.2, 0) is 27.3 Å². The van der Waals surface area contributed by atoms with E-state index >= 15 is 0 Å². The first-order chi connectivity index (χ1) is 14.5. The minimum absolute atomic E-state index is 0.0777. The van der Waals surface area contributed by atoms with E-state index in [0.717, 1.165) is 22.4 Å². The van der Waals surface area contributed by atoms with Gasteiger partial charge in [-0.05, 0) is 17.2 Å². The Balaban J connectivity index is 1.40. The van der Waals surface area contributed by atoms with Crippen LogP contribution < -0.4 is 10.6 Å². The molecule has 7 nitrogen and oxygen atoms in total. The van der Waals surface area contributed by atoms with Gasteiger partial charge in [0.2, 0.25) is 5.91 Å². The maximum Gasteiger partial charge on any atom is 0.339 e. The normalized spacial score (nSPS) is 15.1. The predicted molar refractivity (Wildman–Crippen MR) is 113 cm³/mol. The van der Waals surface area contributed by atoms with Gasteiger partial charge in [0.25, 0.3) is 5.91 Å². The first kappa shape index (κ1) is 19.8. The number of thiazole rings is 1. The average Bonchev–Trinajstić information content (AvgIpc) is 3.21. The molecule has 2 N–H and O–H groups in total. The number of rotatable bonds is 5. The number of cyclic esters (lactones) is 1. The summed E-state index contributed by atoms with van der Waals surface area (Å²) < 4.78 is 5.29. The number of amides is 2. The van der Waals surface area contributed by atoms with Gasteiger partial charge >= 0.3 is 5.97 Å². The number of fused-ring (bicyclic) bond motifs is 1. The Morgan fingerprint density at radius 2 is 1.93 bits per heavy atom. The molecule has 0 aliphatic carbocycles. The Bertz CT molecular complexity index is 1110. The lowest BCUT2D eigenvalue weighted by Gasteiger charge is -2.23. The summed E-state index contributed by atoms with van der Waals surface area (Å²) in [5, 5.41) is 7.78. The molecule has 0 bridgehead atoms. The zero-order valence-electron chi connectivity index (χ0n) is 16.2. The maximum absolute atomic E-state index is 12.6. The van der Waals surface area contributed by atoms with E-state index < -0.39 is 18.0 Å². The number of nitrogens with one attached hydrogen (secondary N) is 2. The fourth-order valence-electron chi connectivity index (χ4n) is 3.15. The predicted octanol–water partition coefficient (Wildman–Crippen LogP) is 3.17. The number of carbonyl (C=O) groups is 3. The summed E-state index contributed by atoms with van der Waals surface area (Å²) >= 11 is 1.30. The number of nitrogens with zero attached hydrogens (tertiary/aromatic N) is 1. The van der Waals surface area contributed by atoms with Crippen LogP contribution in [0.4, 0.5) is 5.13 Å². The van der Waals surface area contributed by atoms with E-state index in [-0.39, 0.29) is 5.91 Å². The summed E-state index contributed by atoms with van der Waals surface area (Å²) in [4.78, 5) is 40.2. The average molecular weight is 421 g/mol. The molecule has 152 valence electrons. The largest absolute Gasteiger partial charge is 0.448 e. The Labute approximate surface area is 177 Å². The molecule has 1 aliphatic heterocycles. The highest BCUT2D eigenvalue weighted by Gasteiger charge is 2.31. The molecule has 0 spiro atoms. The van der Waals surface area contributed by atoms with Gasteiger partial charge in [0.05, 0.1) is 11.3 Å². The monoisotopic (exact) mass is 421 g/mol. The zero-order valence-corrected chi connectivity index (χ0v) is 17.0. The van der Waals surface area contributed by atoms with Gasteiger partial charge in [-0.2, -0.15) is 0 Å². The number of hydrogen-bond donors (Lipinski definition) is 2. The smallest absolute Gasteiger partial charge is 0.339 e. The number of carbonyl (C=O) groups excluding carboxylic acids is 3. The molecule has 1 aromatic heterocycles. The number of ether oxygens (including phenoxy) is 1. The van der Waals surface area contributed by atoms with Crippen molar-refractivity contribution in [3.8, 4) is 11.3 Å². The van der Waals surface area contributed by atoms with Crippen molar-refractivity contribution >= 4 is 34.3 Å². The number of esters is 1. The number of hydrogen-bond acceptors (Lipinski definition) is 6. The zero-order chi connectivity index (χ0) is 21.1. The molecule has 0 unspecified atom stereocenters. The third kappa shape index (κ3) is 4.38. The van der Waals surface area contributed by atoms with Crippen molar-refractivity contribution in [2.24, 2.45) is 0 Å². The summed E-state index contributed by atoms with van der Waals surface area (Å²) in [5.74, 6) is -0.966. The first-order valence-electron chi connectivity index (χ1n) is 9.38. The third-order valence-electron chi connectivity index (χ3n) is 4.71. The molecule has 0 saturated heterocycles. The van der Waals surface area contributed by atoms with Crippen molar-refractivity contribution in [2.45, 2.75) is 26.0 Å². The third-order valence-corrected chi connectivity index (χ3v) is 5.47. The lowest BCUT2D eigenvalue weighted by Crippen LogP contribution is -2.37. The van der Waals surface area contributed by atoms with Crippen LogP contribution in [0.3, 0.4) is 0 Å². The van der Waals surface area contributed by atoms with Crippen LogP contribution >= 0.6 is 11.3 Å². The molecule has 1 aliphatic rings. The fraction of sp³-hybridized carbons (Fsp3) is 0.182. The van der Waals surface area contributed by atoms with Gasteiger partial charge in [-0.3, -0.25) is 14.9 Å². The number of anilines is 1. The first-order valence-corrected chi connectivity index (χ1v) is 10.3. The Morgan fingerprint density at radius 3 is 2.70 bits per heavy atom. The maximum atomic E-state index is 12.6. The second-order valence-electron chi connectivity index (χ2n) is 6.89. The molecule has 2 amide bonds. The van der Waals surface area contributed by atoms with E-state index in [4.69, 9.17) is 4.74 Å². The molecule has 8 heteroatoms. The number of aromatic nitrogens is 1. The van der Waals surface area contributed by atoms with Gasteiger partial charge in [-0.25, -0.2) is 9.78 Å². The highest BCUT2D eigenvalue weighted by molar-refractivity contribution is 7.14. The van der Waals surface area contributed by atoms with Crippen molar-refractivity contribution < 1.29 is 19.1 Å². The van der Waals surface area contributed by atoms with Gasteiger partial charge in [-0.15, -0.1) is 11.3 Å². The van der Waals surface area contributed by atoms with Crippen LogP contribution in [0.25, 0.3) is 11.3 Å². The summed E-state index contributed by atoms with van der Waals surface area (Å²) in [6.07, 6.45) is -0.547. The topological polar surface area (TPSA) is 97.4 Å². The van der Waals surface area contributed by atoms with Crippen LogP contribution in [-0.4, -0.2) is 28.9 Å².